The van der Waals surface area contributed by atoms with Gasteiger partial charge in [-0.05, 0) is 24.9 Å². The number of hydrogen-bond donors (Lipinski definition) is 1. The first-order chi connectivity index (χ1) is 10.2. The van der Waals surface area contributed by atoms with Crippen molar-refractivity contribution in [3.8, 4) is 0 Å². The topological polar surface area (TPSA) is 34.4 Å². The maximum absolute atomic E-state index is 5.95. The van der Waals surface area contributed by atoms with E-state index >= 15 is 0 Å². The summed E-state index contributed by atoms with van der Waals surface area (Å²) in [5, 5.41) is 4.67. The lowest BCUT2D eigenvalue weighted by atomic mass is 10.1. The summed E-state index contributed by atoms with van der Waals surface area (Å²) in [4.78, 5) is 0. The summed E-state index contributed by atoms with van der Waals surface area (Å²) in [6, 6.07) is 8.17. The van der Waals surface area contributed by atoms with Crippen LogP contribution in [0.5, 0.6) is 0 Å². The van der Waals surface area contributed by atoms with Crippen LogP contribution in [0, 0.1) is 5.92 Å². The van der Waals surface area contributed by atoms with E-state index in [0.717, 1.165) is 30.9 Å². The lowest BCUT2D eigenvalue weighted by Gasteiger charge is -2.08. The molecule has 0 saturated carbocycles. The van der Waals surface area contributed by atoms with E-state index in [1.54, 1.807) is 0 Å². The van der Waals surface area contributed by atoms with E-state index in [1.807, 2.05) is 24.3 Å². The summed E-state index contributed by atoms with van der Waals surface area (Å²) in [5.41, 5.74) is 2.14. The third-order valence-electron chi connectivity index (χ3n) is 3.34. The fourth-order valence-electron chi connectivity index (χ4n) is 2.28. The van der Waals surface area contributed by atoms with Crippen LogP contribution in [-0.4, -0.2) is 13.2 Å². The molecule has 1 N–H and O–H groups in total. The Balaban J connectivity index is 2.11. The van der Waals surface area contributed by atoms with Crippen LogP contribution in [0.3, 0.4) is 0 Å². The third kappa shape index (κ3) is 4.45. The van der Waals surface area contributed by atoms with Gasteiger partial charge in [-0.25, -0.2) is 0 Å². The van der Waals surface area contributed by atoms with Gasteiger partial charge in [0.05, 0.1) is 6.61 Å². The van der Waals surface area contributed by atoms with E-state index < -0.39 is 0 Å². The van der Waals surface area contributed by atoms with E-state index in [2.05, 4.69) is 31.8 Å². The van der Waals surface area contributed by atoms with Crippen molar-refractivity contribution in [2.75, 3.05) is 13.2 Å². The third-order valence-corrected chi connectivity index (χ3v) is 3.34. The van der Waals surface area contributed by atoms with Crippen LogP contribution in [0.2, 0.25) is 0 Å². The molecule has 0 aliphatic rings. The Kier molecular flexibility index (Phi) is 6.03. The predicted octanol–water partition coefficient (Wildman–Crippen LogP) is 4.27. The Morgan fingerprint density at radius 1 is 1.33 bits per heavy atom. The van der Waals surface area contributed by atoms with Gasteiger partial charge in [0, 0.05) is 17.5 Å². The Morgan fingerprint density at radius 2 is 2.14 bits per heavy atom. The molecule has 2 aromatic rings. The van der Waals surface area contributed by atoms with Gasteiger partial charge in [-0.2, -0.15) is 0 Å². The smallest absolute Gasteiger partial charge is 0.135 e. The zero-order chi connectivity index (χ0) is 15.1. The summed E-state index contributed by atoms with van der Waals surface area (Å²) in [6.07, 6.45) is 2.73. The molecule has 1 aromatic carbocycles. The van der Waals surface area contributed by atoms with Crippen molar-refractivity contribution in [2.24, 2.45) is 5.92 Å². The zero-order valence-electron chi connectivity index (χ0n) is 13.0. The minimum Gasteiger partial charge on any atom is -0.458 e. The van der Waals surface area contributed by atoms with Crippen LogP contribution in [0.4, 0.5) is 0 Å². The SMILES string of the molecule is C=CCCOCc1oc2ccccc2c1CNCC(C)C. The molecule has 1 aromatic heterocycles. The minimum atomic E-state index is 0.515. The van der Waals surface area contributed by atoms with Gasteiger partial charge in [0.25, 0.3) is 0 Å². The fourth-order valence-corrected chi connectivity index (χ4v) is 2.28. The largest absolute Gasteiger partial charge is 0.458 e. The van der Waals surface area contributed by atoms with Crippen LogP contribution in [-0.2, 0) is 17.9 Å². The number of furan rings is 1. The molecule has 0 fully saturated rings. The molecule has 21 heavy (non-hydrogen) atoms. The molecule has 0 unspecified atom stereocenters. The van der Waals surface area contributed by atoms with Crippen molar-refractivity contribution >= 4 is 11.0 Å². The molecule has 1 heterocycles. The minimum absolute atomic E-state index is 0.515. The summed E-state index contributed by atoms with van der Waals surface area (Å²) in [6.45, 7) is 11.1. The second kappa shape index (κ2) is 8.01. The average molecular weight is 287 g/mol. The normalized spacial score (nSPS) is 11.4. The first kappa shape index (κ1) is 15.8. The molecule has 0 aliphatic carbocycles. The molecule has 0 atom stereocenters. The number of fused-ring (bicyclic) bond motifs is 1. The summed E-state index contributed by atoms with van der Waals surface area (Å²) < 4.78 is 11.6. The monoisotopic (exact) mass is 287 g/mol. The van der Waals surface area contributed by atoms with Gasteiger partial charge in [-0.15, -0.1) is 6.58 Å². The Bertz CT molecular complexity index is 572. The lowest BCUT2D eigenvalue weighted by molar-refractivity contribution is 0.110. The highest BCUT2D eigenvalue weighted by molar-refractivity contribution is 5.82. The van der Waals surface area contributed by atoms with Gasteiger partial charge in [0.2, 0.25) is 0 Å². The van der Waals surface area contributed by atoms with Crippen molar-refractivity contribution in [1.29, 1.82) is 0 Å². The summed E-state index contributed by atoms with van der Waals surface area (Å²) >= 11 is 0. The van der Waals surface area contributed by atoms with Crippen LogP contribution < -0.4 is 5.32 Å². The van der Waals surface area contributed by atoms with E-state index in [0.29, 0.717) is 19.1 Å². The van der Waals surface area contributed by atoms with E-state index in [4.69, 9.17) is 9.15 Å². The van der Waals surface area contributed by atoms with Gasteiger partial charge in [-0.3, -0.25) is 0 Å². The highest BCUT2D eigenvalue weighted by atomic mass is 16.5. The average Bonchev–Trinajstić information content (AvgIpc) is 2.81. The van der Waals surface area contributed by atoms with Crippen molar-refractivity contribution in [1.82, 2.24) is 5.32 Å². The molecule has 0 bridgehead atoms. The number of benzene rings is 1. The maximum atomic E-state index is 5.95. The number of rotatable bonds is 9. The molecule has 3 heteroatoms. The molecular formula is C18H25NO2. The number of nitrogens with one attached hydrogen (secondary N) is 1. The highest BCUT2D eigenvalue weighted by Gasteiger charge is 2.13. The number of hydrogen-bond acceptors (Lipinski definition) is 3. The zero-order valence-corrected chi connectivity index (χ0v) is 13.0. The summed E-state index contributed by atoms with van der Waals surface area (Å²) in [7, 11) is 0. The van der Waals surface area contributed by atoms with Crippen molar-refractivity contribution in [3.63, 3.8) is 0 Å². The van der Waals surface area contributed by atoms with Crippen LogP contribution in [0.15, 0.2) is 41.3 Å². The van der Waals surface area contributed by atoms with Gasteiger partial charge in [-0.1, -0.05) is 38.1 Å². The fraction of sp³-hybridized carbons (Fsp3) is 0.444. The Labute approximate surface area is 127 Å². The van der Waals surface area contributed by atoms with Crippen LogP contribution >= 0.6 is 0 Å². The summed E-state index contributed by atoms with van der Waals surface area (Å²) in [5.74, 6) is 1.56. The van der Waals surface area contributed by atoms with E-state index in [9.17, 15) is 0 Å². The maximum Gasteiger partial charge on any atom is 0.135 e. The molecule has 0 spiro atoms. The molecular weight excluding hydrogens is 262 g/mol. The van der Waals surface area contributed by atoms with Crippen molar-refractivity contribution < 1.29 is 9.15 Å². The van der Waals surface area contributed by atoms with Crippen molar-refractivity contribution in [2.45, 2.75) is 33.4 Å². The predicted molar refractivity (Wildman–Crippen MR) is 87.2 cm³/mol. The second-order valence-corrected chi connectivity index (χ2v) is 5.65. The number of ether oxygens (including phenoxy) is 1. The van der Waals surface area contributed by atoms with Gasteiger partial charge < -0.3 is 14.5 Å². The standard InChI is InChI=1S/C18H25NO2/c1-4-5-10-20-13-18-16(12-19-11-14(2)3)15-8-6-7-9-17(15)21-18/h4,6-9,14,19H,1,5,10-13H2,2-3H3. The molecule has 0 aliphatic heterocycles. The van der Waals surface area contributed by atoms with Crippen LogP contribution in [0.1, 0.15) is 31.6 Å². The molecule has 3 nitrogen and oxygen atoms in total. The first-order valence-corrected chi connectivity index (χ1v) is 7.61. The van der Waals surface area contributed by atoms with Gasteiger partial charge in [0.15, 0.2) is 0 Å². The molecule has 0 amide bonds. The Hall–Kier alpha value is -1.58. The molecule has 0 saturated heterocycles. The van der Waals surface area contributed by atoms with Crippen molar-refractivity contribution in [3.05, 3.63) is 48.2 Å². The van der Waals surface area contributed by atoms with Crippen LogP contribution in [0.25, 0.3) is 11.0 Å². The Morgan fingerprint density at radius 3 is 2.90 bits per heavy atom. The van der Waals surface area contributed by atoms with E-state index in [1.165, 1.54) is 10.9 Å². The second-order valence-electron chi connectivity index (χ2n) is 5.65. The quantitative estimate of drug-likeness (QED) is 0.552. The lowest BCUT2D eigenvalue weighted by Crippen LogP contribution is -2.19. The molecule has 114 valence electrons. The van der Waals surface area contributed by atoms with Gasteiger partial charge >= 0.3 is 0 Å². The first-order valence-electron chi connectivity index (χ1n) is 7.61. The molecule has 0 radical (unpaired) electrons. The van der Waals surface area contributed by atoms with E-state index in [-0.39, 0.29) is 0 Å². The highest BCUT2D eigenvalue weighted by Crippen LogP contribution is 2.26. The molecule has 2 rings (SSSR count). The van der Waals surface area contributed by atoms with Gasteiger partial charge in [0.1, 0.15) is 18.0 Å². The number of para-hydroxylation sites is 1.